The number of benzene rings is 1. The largest absolute Gasteiger partial charge is 0.397 e. The molecule has 0 spiro atoms. The Morgan fingerprint density at radius 2 is 1.94 bits per heavy atom. The number of hydrogen-bond acceptors (Lipinski definition) is 3. The summed E-state index contributed by atoms with van der Waals surface area (Å²) < 4.78 is 0. The Kier molecular flexibility index (Phi) is 3.35. The van der Waals surface area contributed by atoms with Crippen molar-refractivity contribution in [3.05, 3.63) is 23.2 Å². The summed E-state index contributed by atoms with van der Waals surface area (Å²) in [6.45, 7) is 4.71. The molecule has 2 aliphatic rings. The molecule has 2 aliphatic heterocycles. The number of hydrogen-bond donors (Lipinski definition) is 1. The van der Waals surface area contributed by atoms with Gasteiger partial charge in [-0.3, -0.25) is 4.90 Å². The van der Waals surface area contributed by atoms with Crippen LogP contribution in [0.2, 0.25) is 5.02 Å². The van der Waals surface area contributed by atoms with Gasteiger partial charge < -0.3 is 10.6 Å². The van der Waals surface area contributed by atoms with Gasteiger partial charge in [0, 0.05) is 24.2 Å². The van der Waals surface area contributed by atoms with Crippen molar-refractivity contribution in [1.29, 1.82) is 0 Å². The van der Waals surface area contributed by atoms with E-state index in [2.05, 4.69) is 9.80 Å². The number of likely N-dealkylation sites (tertiary alicyclic amines) is 1. The molecule has 1 aromatic rings. The van der Waals surface area contributed by atoms with Crippen molar-refractivity contribution in [3.8, 4) is 0 Å². The summed E-state index contributed by atoms with van der Waals surface area (Å²) in [4.78, 5) is 5.00. The number of nitrogens with zero attached hydrogens (tertiary/aromatic N) is 2. The van der Waals surface area contributed by atoms with Crippen molar-refractivity contribution in [2.24, 2.45) is 0 Å². The molecule has 98 valence electrons. The number of nitrogens with two attached hydrogens (primary N) is 1. The van der Waals surface area contributed by atoms with Crippen molar-refractivity contribution in [2.45, 2.75) is 25.3 Å². The number of anilines is 2. The minimum Gasteiger partial charge on any atom is -0.397 e. The first-order valence-electron chi connectivity index (χ1n) is 6.78. The van der Waals surface area contributed by atoms with Crippen LogP contribution in [-0.2, 0) is 0 Å². The van der Waals surface area contributed by atoms with Crippen LogP contribution in [0.5, 0.6) is 0 Å². The van der Waals surface area contributed by atoms with Gasteiger partial charge in [-0.25, -0.2) is 0 Å². The Balaban J connectivity index is 1.72. The molecule has 4 heteroatoms. The second kappa shape index (κ2) is 4.98. The molecule has 1 atom stereocenters. The number of halogens is 1. The number of rotatable bonds is 2. The summed E-state index contributed by atoms with van der Waals surface area (Å²) in [7, 11) is 0. The molecular formula is C14H20ClN3. The fourth-order valence-corrected chi connectivity index (χ4v) is 3.32. The standard InChI is InChI=1S/C14H20ClN3/c15-11-3-4-13(16)14(9-11)18-8-5-12(10-18)17-6-1-2-7-17/h3-4,9,12H,1-2,5-8,10,16H2. The van der Waals surface area contributed by atoms with Crippen molar-refractivity contribution in [3.63, 3.8) is 0 Å². The Labute approximate surface area is 114 Å². The zero-order chi connectivity index (χ0) is 12.5. The van der Waals surface area contributed by atoms with Gasteiger partial charge in [-0.05, 0) is 50.6 Å². The summed E-state index contributed by atoms with van der Waals surface area (Å²) in [6, 6.07) is 6.45. The lowest BCUT2D eigenvalue weighted by Gasteiger charge is -2.25. The minimum absolute atomic E-state index is 0.700. The molecule has 18 heavy (non-hydrogen) atoms. The Bertz CT molecular complexity index is 429. The van der Waals surface area contributed by atoms with Gasteiger partial charge in [0.05, 0.1) is 11.4 Å². The Morgan fingerprint density at radius 3 is 2.72 bits per heavy atom. The lowest BCUT2D eigenvalue weighted by atomic mass is 10.2. The lowest BCUT2D eigenvalue weighted by Crippen LogP contribution is -2.35. The summed E-state index contributed by atoms with van der Waals surface area (Å²) in [6.07, 6.45) is 3.96. The molecule has 0 radical (unpaired) electrons. The first kappa shape index (κ1) is 12.1. The molecule has 1 aromatic carbocycles. The van der Waals surface area contributed by atoms with E-state index in [0.717, 1.165) is 29.5 Å². The van der Waals surface area contributed by atoms with E-state index in [4.69, 9.17) is 17.3 Å². The van der Waals surface area contributed by atoms with E-state index in [1.807, 2.05) is 18.2 Å². The average Bonchev–Trinajstić information content (AvgIpc) is 3.00. The third kappa shape index (κ3) is 2.29. The predicted octanol–water partition coefficient (Wildman–Crippen LogP) is 2.60. The SMILES string of the molecule is Nc1ccc(Cl)cc1N1CCC(N2CCCC2)C1. The molecule has 0 bridgehead atoms. The normalized spacial score (nSPS) is 24.9. The maximum absolute atomic E-state index is 6.07. The van der Waals surface area contributed by atoms with Gasteiger partial charge in [-0.1, -0.05) is 11.6 Å². The van der Waals surface area contributed by atoms with Crippen molar-refractivity contribution < 1.29 is 0 Å². The summed E-state index contributed by atoms with van der Waals surface area (Å²) in [5.41, 5.74) is 7.99. The van der Waals surface area contributed by atoms with Crippen LogP contribution >= 0.6 is 11.6 Å². The topological polar surface area (TPSA) is 32.5 Å². The van der Waals surface area contributed by atoms with E-state index in [9.17, 15) is 0 Å². The highest BCUT2D eigenvalue weighted by Crippen LogP contribution is 2.31. The van der Waals surface area contributed by atoms with Gasteiger partial charge >= 0.3 is 0 Å². The summed E-state index contributed by atoms with van der Waals surface area (Å²) in [5.74, 6) is 0. The smallest absolute Gasteiger partial charge is 0.0615 e. The molecule has 3 rings (SSSR count). The maximum Gasteiger partial charge on any atom is 0.0615 e. The van der Waals surface area contributed by atoms with Crippen molar-refractivity contribution in [1.82, 2.24) is 4.90 Å². The van der Waals surface area contributed by atoms with Gasteiger partial charge in [0.1, 0.15) is 0 Å². The Hall–Kier alpha value is -0.930. The molecule has 0 saturated carbocycles. The van der Waals surface area contributed by atoms with Crippen molar-refractivity contribution >= 4 is 23.0 Å². The van der Waals surface area contributed by atoms with E-state index in [-0.39, 0.29) is 0 Å². The van der Waals surface area contributed by atoms with Gasteiger partial charge in [0.25, 0.3) is 0 Å². The maximum atomic E-state index is 6.07. The summed E-state index contributed by atoms with van der Waals surface area (Å²) >= 11 is 6.07. The molecule has 1 unspecified atom stereocenters. The zero-order valence-corrected chi connectivity index (χ0v) is 11.4. The third-order valence-corrected chi connectivity index (χ3v) is 4.39. The molecule has 3 nitrogen and oxygen atoms in total. The molecule has 2 N–H and O–H groups in total. The molecule has 0 amide bonds. The molecule has 0 aromatic heterocycles. The van der Waals surface area contributed by atoms with E-state index >= 15 is 0 Å². The first-order chi connectivity index (χ1) is 8.74. The Morgan fingerprint density at radius 1 is 1.17 bits per heavy atom. The second-order valence-corrected chi connectivity index (χ2v) is 5.77. The van der Waals surface area contributed by atoms with Gasteiger partial charge in [-0.15, -0.1) is 0 Å². The van der Waals surface area contributed by atoms with Crippen LogP contribution in [0.25, 0.3) is 0 Å². The van der Waals surface area contributed by atoms with E-state index in [0.29, 0.717) is 6.04 Å². The quantitative estimate of drug-likeness (QED) is 0.835. The van der Waals surface area contributed by atoms with E-state index in [1.54, 1.807) is 0 Å². The van der Waals surface area contributed by atoms with Gasteiger partial charge in [0.15, 0.2) is 0 Å². The fraction of sp³-hybridized carbons (Fsp3) is 0.571. The summed E-state index contributed by atoms with van der Waals surface area (Å²) in [5, 5.41) is 0.767. The van der Waals surface area contributed by atoms with E-state index < -0.39 is 0 Å². The van der Waals surface area contributed by atoms with Crippen LogP contribution in [0.1, 0.15) is 19.3 Å². The van der Waals surface area contributed by atoms with Crippen LogP contribution in [0, 0.1) is 0 Å². The van der Waals surface area contributed by atoms with Crippen LogP contribution in [0.3, 0.4) is 0 Å². The monoisotopic (exact) mass is 265 g/mol. The molecule has 0 aliphatic carbocycles. The van der Waals surface area contributed by atoms with Crippen LogP contribution < -0.4 is 10.6 Å². The molecule has 2 fully saturated rings. The van der Waals surface area contributed by atoms with E-state index in [1.165, 1.54) is 32.4 Å². The highest BCUT2D eigenvalue weighted by atomic mass is 35.5. The highest BCUT2D eigenvalue weighted by molar-refractivity contribution is 6.31. The van der Waals surface area contributed by atoms with Crippen LogP contribution in [-0.4, -0.2) is 37.1 Å². The fourth-order valence-electron chi connectivity index (χ4n) is 3.16. The van der Waals surface area contributed by atoms with Crippen molar-refractivity contribution in [2.75, 3.05) is 36.8 Å². The molecule has 2 heterocycles. The van der Waals surface area contributed by atoms with Crippen LogP contribution in [0.4, 0.5) is 11.4 Å². The average molecular weight is 266 g/mol. The lowest BCUT2D eigenvalue weighted by molar-refractivity contribution is 0.260. The van der Waals surface area contributed by atoms with Gasteiger partial charge in [-0.2, -0.15) is 0 Å². The molecular weight excluding hydrogens is 246 g/mol. The van der Waals surface area contributed by atoms with Gasteiger partial charge in [0.2, 0.25) is 0 Å². The molecule has 2 saturated heterocycles. The number of nitrogen functional groups attached to an aromatic ring is 1. The van der Waals surface area contributed by atoms with Crippen LogP contribution in [0.15, 0.2) is 18.2 Å². The minimum atomic E-state index is 0.700. The highest BCUT2D eigenvalue weighted by Gasteiger charge is 2.29. The predicted molar refractivity (Wildman–Crippen MR) is 77.3 cm³/mol. The second-order valence-electron chi connectivity index (χ2n) is 5.33. The zero-order valence-electron chi connectivity index (χ0n) is 10.6. The first-order valence-corrected chi connectivity index (χ1v) is 7.16. The third-order valence-electron chi connectivity index (χ3n) is 4.15.